The monoisotopic (exact) mass is 257 g/mol. The van der Waals surface area contributed by atoms with Gasteiger partial charge in [0.15, 0.2) is 0 Å². The van der Waals surface area contributed by atoms with Crippen molar-refractivity contribution in [2.75, 3.05) is 0 Å². The zero-order valence-corrected chi connectivity index (χ0v) is 10.9. The molecule has 1 amide bonds. The molecule has 18 heavy (non-hydrogen) atoms. The number of carbonyl (C=O) groups is 3. The molecule has 1 aliphatic carbocycles. The molecule has 6 nitrogen and oxygen atoms in total. The molecule has 1 aliphatic rings. The number of carboxylic acids is 1. The van der Waals surface area contributed by atoms with Gasteiger partial charge in [-0.15, -0.1) is 0 Å². The van der Waals surface area contributed by atoms with Crippen LogP contribution >= 0.6 is 0 Å². The lowest BCUT2D eigenvalue weighted by molar-refractivity contribution is -0.145. The first-order valence-electron chi connectivity index (χ1n) is 5.91. The zero-order chi connectivity index (χ0) is 13.9. The Balaban J connectivity index is 2.54. The summed E-state index contributed by atoms with van der Waals surface area (Å²) in [7, 11) is 0. The van der Waals surface area contributed by atoms with Gasteiger partial charge in [-0.05, 0) is 27.2 Å². The van der Waals surface area contributed by atoms with Crippen molar-refractivity contribution in [2.45, 2.75) is 51.7 Å². The Morgan fingerprint density at radius 1 is 1.33 bits per heavy atom. The van der Waals surface area contributed by atoms with Gasteiger partial charge in [0, 0.05) is 18.9 Å². The van der Waals surface area contributed by atoms with Gasteiger partial charge in [0.25, 0.3) is 0 Å². The normalized spacial score (nSPS) is 24.5. The second-order valence-corrected chi connectivity index (χ2v) is 5.56. The lowest BCUT2D eigenvalue weighted by Gasteiger charge is -2.28. The minimum absolute atomic E-state index is 0.0435. The maximum Gasteiger partial charge on any atom is 0.407 e. The van der Waals surface area contributed by atoms with E-state index in [1.165, 1.54) is 0 Å². The maximum absolute atomic E-state index is 11.5. The number of ether oxygens (including phenoxy) is 1. The quantitative estimate of drug-likeness (QED) is 0.778. The molecule has 0 bridgehead atoms. The van der Waals surface area contributed by atoms with E-state index >= 15 is 0 Å². The van der Waals surface area contributed by atoms with Crippen LogP contribution in [-0.2, 0) is 14.3 Å². The Hall–Kier alpha value is -1.59. The third kappa shape index (κ3) is 4.73. The first-order chi connectivity index (χ1) is 8.17. The van der Waals surface area contributed by atoms with Crippen LogP contribution in [0.1, 0.15) is 40.0 Å². The van der Waals surface area contributed by atoms with Gasteiger partial charge in [0.1, 0.15) is 11.4 Å². The Morgan fingerprint density at radius 2 is 1.94 bits per heavy atom. The van der Waals surface area contributed by atoms with E-state index in [4.69, 9.17) is 9.84 Å². The maximum atomic E-state index is 11.5. The molecule has 0 saturated heterocycles. The highest BCUT2D eigenvalue weighted by atomic mass is 16.6. The Kier molecular flexibility index (Phi) is 4.32. The molecule has 0 radical (unpaired) electrons. The van der Waals surface area contributed by atoms with Gasteiger partial charge >= 0.3 is 12.1 Å². The number of carbonyl (C=O) groups excluding carboxylic acids is 2. The van der Waals surface area contributed by atoms with Crippen molar-refractivity contribution in [3.8, 4) is 0 Å². The van der Waals surface area contributed by atoms with Crippen molar-refractivity contribution < 1.29 is 24.2 Å². The second kappa shape index (κ2) is 5.37. The van der Waals surface area contributed by atoms with Crippen molar-refractivity contribution >= 4 is 17.8 Å². The van der Waals surface area contributed by atoms with E-state index in [9.17, 15) is 14.4 Å². The number of hydrogen-bond donors (Lipinski definition) is 2. The average molecular weight is 257 g/mol. The third-order valence-electron chi connectivity index (χ3n) is 2.59. The standard InChI is InChI=1S/C12H19NO5/c1-12(2,3)18-11(17)13-8-4-7(10(15)16)5-9(14)6-8/h7-8H,4-6H2,1-3H3,(H,13,17)(H,15,16)/t7-,8+/m1/s1. The Morgan fingerprint density at radius 3 is 2.44 bits per heavy atom. The number of nitrogens with one attached hydrogen (secondary N) is 1. The molecule has 0 aromatic heterocycles. The van der Waals surface area contributed by atoms with E-state index in [2.05, 4.69) is 5.32 Å². The Bertz CT molecular complexity index is 358. The van der Waals surface area contributed by atoms with E-state index < -0.39 is 29.6 Å². The topological polar surface area (TPSA) is 92.7 Å². The molecular formula is C12H19NO5. The summed E-state index contributed by atoms with van der Waals surface area (Å²) in [4.78, 5) is 33.8. The summed E-state index contributed by atoms with van der Waals surface area (Å²) in [6.07, 6.45) is -0.142. The SMILES string of the molecule is CC(C)(C)OC(=O)N[C@@H]1CC(=O)C[C@H](C(=O)O)C1. The van der Waals surface area contributed by atoms with E-state index in [0.29, 0.717) is 0 Å². The number of amides is 1. The molecule has 1 rings (SSSR count). The molecule has 2 atom stereocenters. The summed E-state index contributed by atoms with van der Waals surface area (Å²) in [5.41, 5.74) is -0.616. The molecule has 102 valence electrons. The lowest BCUT2D eigenvalue weighted by atomic mass is 9.85. The lowest BCUT2D eigenvalue weighted by Crippen LogP contribution is -2.44. The summed E-state index contributed by atoms with van der Waals surface area (Å²) in [6, 6.07) is -0.456. The van der Waals surface area contributed by atoms with Crippen LogP contribution in [0.5, 0.6) is 0 Å². The first kappa shape index (κ1) is 14.5. The summed E-state index contributed by atoms with van der Waals surface area (Å²) in [5.74, 6) is -1.86. The van der Waals surface area contributed by atoms with Crippen LogP contribution in [0.4, 0.5) is 4.79 Å². The van der Waals surface area contributed by atoms with Crippen LogP contribution in [0.2, 0.25) is 0 Å². The number of Topliss-reactive ketones (excluding diaryl/α,β-unsaturated/α-hetero) is 1. The van der Waals surface area contributed by atoms with Gasteiger partial charge in [-0.25, -0.2) is 4.79 Å². The van der Waals surface area contributed by atoms with Crippen molar-refractivity contribution in [3.05, 3.63) is 0 Å². The van der Waals surface area contributed by atoms with Crippen molar-refractivity contribution in [3.63, 3.8) is 0 Å². The molecule has 0 heterocycles. The third-order valence-corrected chi connectivity index (χ3v) is 2.59. The molecule has 2 N–H and O–H groups in total. The molecule has 1 fully saturated rings. The summed E-state index contributed by atoms with van der Waals surface area (Å²) < 4.78 is 5.06. The van der Waals surface area contributed by atoms with Crippen LogP contribution in [0, 0.1) is 5.92 Å². The number of rotatable bonds is 2. The van der Waals surface area contributed by atoms with Crippen LogP contribution in [0.3, 0.4) is 0 Å². The number of hydrogen-bond acceptors (Lipinski definition) is 4. The summed E-state index contributed by atoms with van der Waals surface area (Å²) in [6.45, 7) is 5.20. The molecule has 0 aromatic rings. The minimum atomic E-state index is -1.00. The van der Waals surface area contributed by atoms with Crippen LogP contribution in [0.25, 0.3) is 0 Å². The highest BCUT2D eigenvalue weighted by molar-refractivity contribution is 5.86. The van der Waals surface area contributed by atoms with Crippen molar-refractivity contribution in [2.24, 2.45) is 5.92 Å². The molecule has 0 unspecified atom stereocenters. The fraction of sp³-hybridized carbons (Fsp3) is 0.750. The van der Waals surface area contributed by atoms with Crippen LogP contribution in [-0.4, -0.2) is 34.6 Å². The van der Waals surface area contributed by atoms with E-state index in [0.717, 1.165) is 0 Å². The highest BCUT2D eigenvalue weighted by Gasteiger charge is 2.33. The summed E-state index contributed by atoms with van der Waals surface area (Å²) >= 11 is 0. The molecular weight excluding hydrogens is 238 g/mol. The minimum Gasteiger partial charge on any atom is -0.481 e. The predicted molar refractivity (Wildman–Crippen MR) is 63.1 cm³/mol. The van der Waals surface area contributed by atoms with Crippen molar-refractivity contribution in [1.82, 2.24) is 5.32 Å². The number of ketones is 1. The number of aliphatic carboxylic acids is 1. The Labute approximate surface area is 106 Å². The van der Waals surface area contributed by atoms with Gasteiger partial charge in [-0.3, -0.25) is 9.59 Å². The average Bonchev–Trinajstić information content (AvgIpc) is 2.12. The van der Waals surface area contributed by atoms with Gasteiger partial charge in [0.05, 0.1) is 5.92 Å². The molecule has 0 aliphatic heterocycles. The second-order valence-electron chi connectivity index (χ2n) is 5.56. The molecule has 0 spiro atoms. The smallest absolute Gasteiger partial charge is 0.407 e. The number of carboxylic acid groups (broad SMARTS) is 1. The van der Waals surface area contributed by atoms with Gasteiger partial charge < -0.3 is 15.2 Å². The fourth-order valence-electron chi connectivity index (χ4n) is 1.92. The van der Waals surface area contributed by atoms with Crippen LogP contribution in [0.15, 0.2) is 0 Å². The van der Waals surface area contributed by atoms with Crippen molar-refractivity contribution in [1.29, 1.82) is 0 Å². The largest absolute Gasteiger partial charge is 0.481 e. The van der Waals surface area contributed by atoms with Gasteiger partial charge in [-0.1, -0.05) is 0 Å². The first-order valence-corrected chi connectivity index (χ1v) is 5.91. The van der Waals surface area contributed by atoms with E-state index in [1.54, 1.807) is 20.8 Å². The van der Waals surface area contributed by atoms with Gasteiger partial charge in [-0.2, -0.15) is 0 Å². The molecule has 1 saturated carbocycles. The van der Waals surface area contributed by atoms with E-state index in [-0.39, 0.29) is 25.0 Å². The molecule has 0 aromatic carbocycles. The van der Waals surface area contributed by atoms with Crippen LogP contribution < -0.4 is 5.32 Å². The van der Waals surface area contributed by atoms with Gasteiger partial charge in [0.2, 0.25) is 0 Å². The fourth-order valence-corrected chi connectivity index (χ4v) is 1.92. The number of alkyl carbamates (subject to hydrolysis) is 1. The zero-order valence-electron chi connectivity index (χ0n) is 10.9. The van der Waals surface area contributed by atoms with E-state index in [1.807, 2.05) is 0 Å². The molecule has 6 heteroatoms. The predicted octanol–water partition coefficient (Wildman–Crippen LogP) is 1.33. The highest BCUT2D eigenvalue weighted by Crippen LogP contribution is 2.22. The summed E-state index contributed by atoms with van der Waals surface area (Å²) in [5, 5.41) is 11.4.